The van der Waals surface area contributed by atoms with Gasteiger partial charge in [0.2, 0.25) is 0 Å². The molecule has 0 unspecified atom stereocenters. The topological polar surface area (TPSA) is 48.9 Å². The fraction of sp³-hybridized carbons (Fsp3) is 0.0556. The molecule has 2 N–H and O–H groups in total. The Morgan fingerprint density at radius 1 is 1.00 bits per heavy atom. The highest BCUT2D eigenvalue weighted by atomic mass is 35.5. The molecule has 0 spiro atoms. The van der Waals surface area contributed by atoms with Gasteiger partial charge in [0.15, 0.2) is 0 Å². The summed E-state index contributed by atoms with van der Waals surface area (Å²) in [5.74, 6) is 0. The summed E-state index contributed by atoms with van der Waals surface area (Å²) in [5, 5.41) is 12.8. The SMILES string of the molecule is OCc1[nH]c2ccc(Cl)cc2c1-c1cc(Cl)c2ccccc2n1. The number of H-pyrrole nitrogens is 1. The number of benzene rings is 2. The third-order valence-corrected chi connectivity index (χ3v) is 4.47. The summed E-state index contributed by atoms with van der Waals surface area (Å²) in [7, 11) is 0. The quantitative estimate of drug-likeness (QED) is 0.527. The van der Waals surface area contributed by atoms with Crippen LogP contribution in [-0.4, -0.2) is 15.1 Å². The number of hydrogen-bond donors (Lipinski definition) is 2. The maximum Gasteiger partial charge on any atom is 0.0838 e. The fourth-order valence-electron chi connectivity index (χ4n) is 2.89. The summed E-state index contributed by atoms with van der Waals surface area (Å²) in [6.45, 7) is -0.117. The van der Waals surface area contributed by atoms with Gasteiger partial charge in [0.1, 0.15) is 0 Å². The first kappa shape index (κ1) is 14.5. The van der Waals surface area contributed by atoms with Crippen molar-refractivity contribution >= 4 is 45.0 Å². The molecule has 0 saturated carbocycles. The molecule has 2 aromatic heterocycles. The largest absolute Gasteiger partial charge is 0.390 e. The number of fused-ring (bicyclic) bond motifs is 2. The van der Waals surface area contributed by atoms with E-state index in [2.05, 4.69) is 4.98 Å². The summed E-state index contributed by atoms with van der Waals surface area (Å²) >= 11 is 12.6. The number of nitrogens with zero attached hydrogens (tertiary/aromatic N) is 1. The number of hydrogen-bond acceptors (Lipinski definition) is 2. The van der Waals surface area contributed by atoms with Crippen molar-refractivity contribution < 1.29 is 5.11 Å². The van der Waals surface area contributed by atoms with Gasteiger partial charge in [-0.05, 0) is 30.3 Å². The van der Waals surface area contributed by atoms with Gasteiger partial charge in [0.25, 0.3) is 0 Å². The molecule has 5 heteroatoms. The van der Waals surface area contributed by atoms with Crippen molar-refractivity contribution in [3.63, 3.8) is 0 Å². The van der Waals surface area contributed by atoms with Crippen LogP contribution in [0.15, 0.2) is 48.5 Å². The van der Waals surface area contributed by atoms with Crippen LogP contribution >= 0.6 is 23.2 Å². The molecular weight excluding hydrogens is 331 g/mol. The van der Waals surface area contributed by atoms with Crippen molar-refractivity contribution in [3.8, 4) is 11.3 Å². The summed E-state index contributed by atoms with van der Waals surface area (Å²) in [6.07, 6.45) is 0. The molecule has 0 bridgehead atoms. The maximum absolute atomic E-state index is 9.71. The lowest BCUT2D eigenvalue weighted by Gasteiger charge is -2.07. The highest BCUT2D eigenvalue weighted by Gasteiger charge is 2.16. The number of para-hydroxylation sites is 1. The summed E-state index contributed by atoms with van der Waals surface area (Å²) < 4.78 is 0. The molecule has 0 saturated heterocycles. The van der Waals surface area contributed by atoms with Crippen LogP contribution < -0.4 is 0 Å². The van der Waals surface area contributed by atoms with Crippen molar-refractivity contribution in [1.29, 1.82) is 0 Å². The minimum Gasteiger partial charge on any atom is -0.390 e. The minimum atomic E-state index is -0.117. The molecule has 3 nitrogen and oxygen atoms in total. The zero-order valence-corrected chi connectivity index (χ0v) is 13.5. The Bertz CT molecular complexity index is 1040. The van der Waals surface area contributed by atoms with E-state index in [1.165, 1.54) is 0 Å². The maximum atomic E-state index is 9.71. The first-order chi connectivity index (χ1) is 11.2. The fourth-order valence-corrected chi connectivity index (χ4v) is 3.33. The lowest BCUT2D eigenvalue weighted by atomic mass is 10.1. The molecule has 114 valence electrons. The van der Waals surface area contributed by atoms with Gasteiger partial charge in [-0.2, -0.15) is 0 Å². The molecule has 0 radical (unpaired) electrons. The van der Waals surface area contributed by atoms with Gasteiger partial charge >= 0.3 is 0 Å². The van der Waals surface area contributed by atoms with Gasteiger partial charge in [0, 0.05) is 26.9 Å². The molecule has 23 heavy (non-hydrogen) atoms. The molecule has 0 aliphatic carbocycles. The molecule has 2 heterocycles. The minimum absolute atomic E-state index is 0.117. The van der Waals surface area contributed by atoms with Crippen LogP contribution in [0.1, 0.15) is 5.69 Å². The number of aliphatic hydroxyl groups excluding tert-OH is 1. The van der Waals surface area contributed by atoms with Crippen LogP contribution in [0.2, 0.25) is 10.0 Å². The molecule has 0 atom stereocenters. The van der Waals surface area contributed by atoms with Gasteiger partial charge in [0.05, 0.1) is 28.5 Å². The van der Waals surface area contributed by atoms with E-state index in [1.54, 1.807) is 0 Å². The zero-order valence-electron chi connectivity index (χ0n) is 12.0. The van der Waals surface area contributed by atoms with Crippen LogP contribution in [0.25, 0.3) is 33.1 Å². The van der Waals surface area contributed by atoms with Crippen molar-refractivity contribution in [1.82, 2.24) is 9.97 Å². The zero-order chi connectivity index (χ0) is 16.0. The Morgan fingerprint density at radius 2 is 1.83 bits per heavy atom. The molecule has 0 fully saturated rings. The van der Waals surface area contributed by atoms with E-state index in [1.807, 2.05) is 48.5 Å². The number of nitrogens with one attached hydrogen (secondary N) is 1. The van der Waals surface area contributed by atoms with Crippen molar-refractivity contribution in [2.24, 2.45) is 0 Å². The van der Waals surface area contributed by atoms with Crippen molar-refractivity contribution in [3.05, 3.63) is 64.3 Å². The van der Waals surface area contributed by atoms with Crippen LogP contribution in [0, 0.1) is 0 Å². The molecule has 2 aromatic carbocycles. The summed E-state index contributed by atoms with van der Waals surface area (Å²) in [4.78, 5) is 7.92. The van der Waals surface area contributed by atoms with Gasteiger partial charge in [-0.15, -0.1) is 0 Å². The number of aliphatic hydroxyl groups is 1. The molecule has 0 amide bonds. The number of rotatable bonds is 2. The Balaban J connectivity index is 2.07. The second kappa shape index (κ2) is 5.53. The third kappa shape index (κ3) is 2.38. The van der Waals surface area contributed by atoms with Gasteiger partial charge in [-0.25, -0.2) is 4.98 Å². The van der Waals surface area contributed by atoms with E-state index < -0.39 is 0 Å². The van der Waals surface area contributed by atoms with E-state index >= 15 is 0 Å². The molecule has 0 aliphatic heterocycles. The first-order valence-corrected chi connectivity index (χ1v) is 7.89. The Kier molecular flexibility index (Phi) is 3.49. The van der Waals surface area contributed by atoms with E-state index in [-0.39, 0.29) is 6.61 Å². The van der Waals surface area contributed by atoms with Crippen molar-refractivity contribution in [2.45, 2.75) is 6.61 Å². The summed E-state index contributed by atoms with van der Waals surface area (Å²) in [6, 6.07) is 15.1. The van der Waals surface area contributed by atoms with E-state index in [9.17, 15) is 5.11 Å². The summed E-state index contributed by atoms with van der Waals surface area (Å²) in [5.41, 5.74) is 3.96. The smallest absolute Gasteiger partial charge is 0.0838 e. The second-order valence-electron chi connectivity index (χ2n) is 5.33. The lowest BCUT2D eigenvalue weighted by molar-refractivity contribution is 0.278. The lowest BCUT2D eigenvalue weighted by Crippen LogP contribution is -1.91. The van der Waals surface area contributed by atoms with Gasteiger partial charge < -0.3 is 10.1 Å². The number of aromatic amines is 1. The molecular formula is C18H12Cl2N2O. The van der Waals surface area contributed by atoms with E-state index in [0.717, 1.165) is 27.4 Å². The Hall–Kier alpha value is -2.07. The average molecular weight is 343 g/mol. The van der Waals surface area contributed by atoms with Crippen LogP contribution in [-0.2, 0) is 6.61 Å². The number of halogens is 2. The van der Waals surface area contributed by atoms with Crippen molar-refractivity contribution in [2.75, 3.05) is 0 Å². The Morgan fingerprint density at radius 3 is 2.65 bits per heavy atom. The molecule has 4 rings (SSSR count). The second-order valence-corrected chi connectivity index (χ2v) is 6.18. The van der Waals surface area contributed by atoms with E-state index in [4.69, 9.17) is 28.2 Å². The monoisotopic (exact) mass is 342 g/mol. The highest BCUT2D eigenvalue weighted by molar-refractivity contribution is 6.35. The van der Waals surface area contributed by atoms with E-state index in [0.29, 0.717) is 21.4 Å². The van der Waals surface area contributed by atoms with Gasteiger partial charge in [-0.3, -0.25) is 0 Å². The normalized spacial score (nSPS) is 11.4. The first-order valence-electron chi connectivity index (χ1n) is 7.14. The highest BCUT2D eigenvalue weighted by Crippen LogP contribution is 2.36. The molecule has 0 aliphatic rings. The average Bonchev–Trinajstić information content (AvgIpc) is 2.92. The van der Waals surface area contributed by atoms with Crippen LogP contribution in [0.5, 0.6) is 0 Å². The third-order valence-electron chi connectivity index (χ3n) is 3.92. The Labute approximate surface area is 142 Å². The van der Waals surface area contributed by atoms with Crippen LogP contribution in [0.3, 0.4) is 0 Å². The number of pyridine rings is 1. The standard InChI is InChI=1S/C18H12Cl2N2O/c19-10-5-6-15-12(7-10)18(17(9-23)22-15)16-8-13(20)11-3-1-2-4-14(11)21-16/h1-8,22-23H,9H2. The molecule has 4 aromatic rings. The number of aromatic nitrogens is 2. The predicted molar refractivity (Wildman–Crippen MR) is 95.0 cm³/mol. The predicted octanol–water partition coefficient (Wildman–Crippen LogP) is 5.18. The van der Waals surface area contributed by atoms with Crippen LogP contribution in [0.4, 0.5) is 0 Å². The van der Waals surface area contributed by atoms with Gasteiger partial charge in [-0.1, -0.05) is 41.4 Å².